The van der Waals surface area contributed by atoms with E-state index >= 15 is 0 Å². The van der Waals surface area contributed by atoms with Crippen LogP contribution in [0.5, 0.6) is 0 Å². The Kier molecular flexibility index (Phi) is 5.73. The summed E-state index contributed by atoms with van der Waals surface area (Å²) in [6.07, 6.45) is 1.41. The summed E-state index contributed by atoms with van der Waals surface area (Å²) in [5.74, 6) is 0.882. The normalized spacial score (nSPS) is 9.76. The number of aromatic nitrogens is 2. The molecule has 0 bridgehead atoms. The highest BCUT2D eigenvalue weighted by Gasteiger charge is 2.01. The van der Waals surface area contributed by atoms with E-state index < -0.39 is 0 Å². The molecule has 0 saturated carbocycles. The van der Waals surface area contributed by atoms with E-state index in [0.29, 0.717) is 24.8 Å². The molecule has 0 spiro atoms. The summed E-state index contributed by atoms with van der Waals surface area (Å²) < 4.78 is 9.41. The van der Waals surface area contributed by atoms with Gasteiger partial charge in [0.2, 0.25) is 0 Å². The Balaban J connectivity index is 2.44. The van der Waals surface area contributed by atoms with Crippen molar-refractivity contribution >= 4 is 17.6 Å². The lowest BCUT2D eigenvalue weighted by Crippen LogP contribution is -2.16. The average molecular weight is 240 g/mol. The lowest BCUT2D eigenvalue weighted by Gasteiger charge is -2.07. The van der Waals surface area contributed by atoms with E-state index in [0.717, 1.165) is 0 Å². The fraction of sp³-hybridized carbons (Fsp3) is 0.500. The zero-order valence-electron chi connectivity index (χ0n) is 9.90. The zero-order valence-corrected chi connectivity index (χ0v) is 9.90. The summed E-state index contributed by atoms with van der Waals surface area (Å²) in [5.41, 5.74) is 0. The summed E-state index contributed by atoms with van der Waals surface area (Å²) in [5, 5.41) is 5.88. The van der Waals surface area contributed by atoms with E-state index in [1.807, 2.05) is 0 Å². The average Bonchev–Trinajstić information content (AvgIpc) is 2.37. The van der Waals surface area contributed by atoms with E-state index in [2.05, 4.69) is 25.3 Å². The van der Waals surface area contributed by atoms with E-state index in [1.54, 1.807) is 13.2 Å². The highest BCUT2D eigenvalue weighted by atomic mass is 16.5. The van der Waals surface area contributed by atoms with Crippen LogP contribution < -0.4 is 10.6 Å². The summed E-state index contributed by atoms with van der Waals surface area (Å²) in [6.45, 7) is 1.32. The monoisotopic (exact) mass is 240 g/mol. The number of nitrogens with zero attached hydrogens (tertiary/aromatic N) is 2. The standard InChI is InChI=1S/C10H16N4O3/c1-16-4-3-11-8-5-9(14-7-13-8)12-6-10(15)17-2/h5,7H,3-4,6H2,1-2H3,(H2,11,12,13,14). The summed E-state index contributed by atoms with van der Waals surface area (Å²) in [7, 11) is 2.97. The molecular formula is C10H16N4O3. The van der Waals surface area contributed by atoms with Gasteiger partial charge in [-0.3, -0.25) is 4.79 Å². The number of nitrogens with one attached hydrogen (secondary N) is 2. The van der Waals surface area contributed by atoms with Gasteiger partial charge in [-0.25, -0.2) is 9.97 Å². The van der Waals surface area contributed by atoms with Crippen LogP contribution in [0.25, 0.3) is 0 Å². The van der Waals surface area contributed by atoms with E-state index in [4.69, 9.17) is 4.74 Å². The van der Waals surface area contributed by atoms with Crippen molar-refractivity contribution in [3.63, 3.8) is 0 Å². The van der Waals surface area contributed by atoms with Crippen molar-refractivity contribution in [1.29, 1.82) is 0 Å². The van der Waals surface area contributed by atoms with E-state index in [9.17, 15) is 4.79 Å². The number of carbonyl (C=O) groups is 1. The second-order valence-corrected chi connectivity index (χ2v) is 3.14. The molecule has 0 aromatic carbocycles. The highest BCUT2D eigenvalue weighted by molar-refractivity contribution is 5.74. The Morgan fingerprint density at radius 1 is 1.29 bits per heavy atom. The number of hydrogen-bond acceptors (Lipinski definition) is 7. The second kappa shape index (κ2) is 7.39. The van der Waals surface area contributed by atoms with E-state index in [-0.39, 0.29) is 12.5 Å². The predicted octanol–water partition coefficient (Wildman–Crippen LogP) is 0.120. The maximum atomic E-state index is 10.9. The van der Waals surface area contributed by atoms with Gasteiger partial charge in [-0.05, 0) is 0 Å². The van der Waals surface area contributed by atoms with Crippen molar-refractivity contribution in [3.8, 4) is 0 Å². The third kappa shape index (κ3) is 5.12. The van der Waals surface area contributed by atoms with Gasteiger partial charge in [0.15, 0.2) is 0 Å². The summed E-state index contributed by atoms with van der Waals surface area (Å²) in [4.78, 5) is 18.9. The van der Waals surface area contributed by atoms with Gasteiger partial charge in [0.25, 0.3) is 0 Å². The smallest absolute Gasteiger partial charge is 0.325 e. The minimum absolute atomic E-state index is 0.0744. The topological polar surface area (TPSA) is 85.4 Å². The Morgan fingerprint density at radius 2 is 2.00 bits per heavy atom. The number of esters is 1. The maximum absolute atomic E-state index is 10.9. The molecule has 17 heavy (non-hydrogen) atoms. The minimum atomic E-state index is -0.350. The molecular weight excluding hydrogens is 224 g/mol. The first-order chi connectivity index (χ1) is 8.26. The molecule has 7 heteroatoms. The van der Waals surface area contributed by atoms with Crippen molar-refractivity contribution in [2.45, 2.75) is 0 Å². The third-order valence-electron chi connectivity index (χ3n) is 1.92. The van der Waals surface area contributed by atoms with Gasteiger partial charge in [-0.15, -0.1) is 0 Å². The fourth-order valence-corrected chi connectivity index (χ4v) is 1.07. The Bertz CT molecular complexity index is 359. The van der Waals surface area contributed by atoms with Gasteiger partial charge >= 0.3 is 5.97 Å². The Hall–Kier alpha value is -1.89. The lowest BCUT2D eigenvalue weighted by molar-refractivity contribution is -0.138. The molecule has 0 atom stereocenters. The zero-order chi connectivity index (χ0) is 12.5. The summed E-state index contributed by atoms with van der Waals surface area (Å²) in [6, 6.07) is 1.71. The largest absolute Gasteiger partial charge is 0.468 e. The molecule has 0 amide bonds. The summed E-state index contributed by atoms with van der Waals surface area (Å²) >= 11 is 0. The molecule has 0 radical (unpaired) electrons. The quantitative estimate of drug-likeness (QED) is 0.517. The number of methoxy groups -OCH3 is 2. The van der Waals surface area contributed by atoms with Gasteiger partial charge in [-0.1, -0.05) is 0 Å². The van der Waals surface area contributed by atoms with Crippen LogP contribution in [0.3, 0.4) is 0 Å². The maximum Gasteiger partial charge on any atom is 0.325 e. The molecule has 7 nitrogen and oxygen atoms in total. The van der Waals surface area contributed by atoms with Crippen LogP contribution in [-0.4, -0.2) is 49.9 Å². The molecule has 0 aliphatic heterocycles. The molecule has 2 N–H and O–H groups in total. The number of anilines is 2. The number of hydrogen-bond donors (Lipinski definition) is 2. The van der Waals surface area contributed by atoms with Crippen molar-refractivity contribution < 1.29 is 14.3 Å². The first-order valence-corrected chi connectivity index (χ1v) is 5.12. The van der Waals surface area contributed by atoms with Gasteiger partial charge in [0.05, 0.1) is 13.7 Å². The van der Waals surface area contributed by atoms with Crippen molar-refractivity contribution in [3.05, 3.63) is 12.4 Å². The fourth-order valence-electron chi connectivity index (χ4n) is 1.07. The van der Waals surface area contributed by atoms with Gasteiger partial charge in [-0.2, -0.15) is 0 Å². The van der Waals surface area contributed by atoms with Crippen LogP contribution in [0.15, 0.2) is 12.4 Å². The SMILES string of the molecule is COCCNc1cc(NCC(=O)OC)ncn1. The second-order valence-electron chi connectivity index (χ2n) is 3.14. The minimum Gasteiger partial charge on any atom is -0.468 e. The van der Waals surface area contributed by atoms with Gasteiger partial charge < -0.3 is 20.1 Å². The molecule has 1 aromatic rings. The van der Waals surface area contributed by atoms with Crippen molar-refractivity contribution in [2.75, 3.05) is 44.5 Å². The number of ether oxygens (including phenoxy) is 2. The molecule has 0 fully saturated rings. The van der Waals surface area contributed by atoms with Crippen molar-refractivity contribution in [2.24, 2.45) is 0 Å². The van der Waals surface area contributed by atoms with E-state index in [1.165, 1.54) is 13.4 Å². The van der Waals surface area contributed by atoms with Crippen LogP contribution in [0.2, 0.25) is 0 Å². The van der Waals surface area contributed by atoms with Crippen LogP contribution in [0, 0.1) is 0 Å². The molecule has 0 aliphatic carbocycles. The third-order valence-corrected chi connectivity index (χ3v) is 1.92. The predicted molar refractivity (Wildman–Crippen MR) is 62.9 cm³/mol. The lowest BCUT2D eigenvalue weighted by atomic mass is 10.5. The van der Waals surface area contributed by atoms with Crippen LogP contribution >= 0.6 is 0 Å². The molecule has 1 heterocycles. The number of rotatable bonds is 7. The molecule has 1 rings (SSSR count). The van der Waals surface area contributed by atoms with Gasteiger partial charge in [0, 0.05) is 19.7 Å². The molecule has 1 aromatic heterocycles. The molecule has 0 saturated heterocycles. The van der Waals surface area contributed by atoms with Gasteiger partial charge in [0.1, 0.15) is 24.5 Å². The molecule has 0 unspecified atom stereocenters. The van der Waals surface area contributed by atoms with Crippen LogP contribution in [0.1, 0.15) is 0 Å². The van der Waals surface area contributed by atoms with Crippen LogP contribution in [0.4, 0.5) is 11.6 Å². The van der Waals surface area contributed by atoms with Crippen LogP contribution in [-0.2, 0) is 14.3 Å². The Morgan fingerprint density at radius 3 is 2.65 bits per heavy atom. The number of carbonyl (C=O) groups excluding carboxylic acids is 1. The Labute approximate surface area is 99.5 Å². The molecule has 0 aliphatic rings. The molecule has 94 valence electrons. The first-order valence-electron chi connectivity index (χ1n) is 5.12. The van der Waals surface area contributed by atoms with Crippen molar-refractivity contribution in [1.82, 2.24) is 9.97 Å². The first kappa shape index (κ1) is 13.2. The highest BCUT2D eigenvalue weighted by Crippen LogP contribution is 2.07.